The van der Waals surface area contributed by atoms with Crippen LogP contribution in [0.1, 0.15) is 71.0 Å². The van der Waals surface area contributed by atoms with Gasteiger partial charge in [-0.15, -0.1) is 0 Å². The third-order valence-electron chi connectivity index (χ3n) is 6.17. The van der Waals surface area contributed by atoms with Crippen molar-refractivity contribution in [3.8, 4) is 5.75 Å². The van der Waals surface area contributed by atoms with Gasteiger partial charge in [-0.3, -0.25) is 0 Å². The van der Waals surface area contributed by atoms with Crippen molar-refractivity contribution in [2.24, 2.45) is 0 Å². The van der Waals surface area contributed by atoms with E-state index < -0.39 is 0 Å². The second-order valence-corrected chi connectivity index (χ2v) is 8.77. The number of allylic oxidation sites excluding steroid dienone is 1. The molecule has 0 saturated heterocycles. The predicted octanol–water partition coefficient (Wildman–Crippen LogP) is 7.40. The molecule has 0 heterocycles. The van der Waals surface area contributed by atoms with E-state index in [0.29, 0.717) is 17.6 Å². The van der Waals surface area contributed by atoms with Crippen LogP contribution in [0.5, 0.6) is 5.75 Å². The lowest BCUT2D eigenvalue weighted by Gasteiger charge is -2.20. The van der Waals surface area contributed by atoms with Gasteiger partial charge in [-0.1, -0.05) is 74.5 Å². The van der Waals surface area contributed by atoms with Crippen molar-refractivity contribution in [2.45, 2.75) is 52.4 Å². The summed E-state index contributed by atoms with van der Waals surface area (Å²) < 4.78 is 0. The predicted molar refractivity (Wildman–Crippen MR) is 123 cm³/mol. The van der Waals surface area contributed by atoms with E-state index in [1.165, 1.54) is 27.8 Å². The fourth-order valence-corrected chi connectivity index (χ4v) is 4.64. The molecule has 0 aliphatic heterocycles. The molecule has 1 aliphatic carbocycles. The summed E-state index contributed by atoms with van der Waals surface area (Å²) in [5, 5.41) is 10.8. The molecule has 3 aromatic carbocycles. The van der Waals surface area contributed by atoms with Gasteiger partial charge in [-0.25, -0.2) is 0 Å². The van der Waals surface area contributed by atoms with Crippen LogP contribution in [0.2, 0.25) is 0 Å². The number of aromatic hydroxyl groups is 1. The smallest absolute Gasteiger partial charge is 0.123 e. The Morgan fingerprint density at radius 3 is 2.31 bits per heavy atom. The van der Waals surface area contributed by atoms with Gasteiger partial charge in [0.05, 0.1) is 0 Å². The van der Waals surface area contributed by atoms with E-state index in [9.17, 15) is 5.11 Å². The second kappa shape index (κ2) is 7.91. The van der Waals surface area contributed by atoms with Crippen molar-refractivity contribution in [2.75, 3.05) is 0 Å². The van der Waals surface area contributed by atoms with Crippen LogP contribution < -0.4 is 0 Å². The topological polar surface area (TPSA) is 20.2 Å². The van der Waals surface area contributed by atoms with E-state index in [2.05, 4.69) is 81.4 Å². The standard InChI is InChI=1S/C28H30O/c1-18(2)21-9-11-22(12-10-21)25-15-23-7-5-6-8-24(23)16-26(17-25)28-20(4)13-19(3)14-27(28)29/h5-14,16,18,25,29H,15,17H2,1-4H3. The van der Waals surface area contributed by atoms with Gasteiger partial charge in [-0.05, 0) is 83.5 Å². The van der Waals surface area contributed by atoms with Crippen molar-refractivity contribution in [3.63, 3.8) is 0 Å². The van der Waals surface area contributed by atoms with Crippen LogP contribution in [0, 0.1) is 13.8 Å². The molecular formula is C28H30O. The Morgan fingerprint density at radius 2 is 1.62 bits per heavy atom. The largest absolute Gasteiger partial charge is 0.507 e. The van der Waals surface area contributed by atoms with Gasteiger partial charge in [0.1, 0.15) is 5.75 Å². The number of benzene rings is 3. The Hall–Kier alpha value is -2.80. The van der Waals surface area contributed by atoms with E-state index in [1.807, 2.05) is 13.0 Å². The maximum absolute atomic E-state index is 10.8. The van der Waals surface area contributed by atoms with E-state index in [-0.39, 0.29) is 0 Å². The normalized spacial score (nSPS) is 16.3. The van der Waals surface area contributed by atoms with Gasteiger partial charge in [0.25, 0.3) is 0 Å². The molecule has 0 saturated carbocycles. The highest BCUT2D eigenvalue weighted by Gasteiger charge is 2.23. The number of fused-ring (bicyclic) bond motifs is 1. The minimum atomic E-state index is 0.391. The first-order chi connectivity index (χ1) is 13.9. The molecular weight excluding hydrogens is 352 g/mol. The Bertz CT molecular complexity index is 1030. The maximum Gasteiger partial charge on any atom is 0.123 e. The minimum Gasteiger partial charge on any atom is -0.507 e. The number of hydrogen-bond donors (Lipinski definition) is 1. The molecule has 0 fully saturated rings. The number of phenolic OH excluding ortho intramolecular Hbond substituents is 1. The second-order valence-electron chi connectivity index (χ2n) is 8.77. The molecule has 1 nitrogen and oxygen atoms in total. The zero-order chi connectivity index (χ0) is 20.5. The van der Waals surface area contributed by atoms with Crippen molar-refractivity contribution in [3.05, 3.63) is 99.6 Å². The van der Waals surface area contributed by atoms with Crippen LogP contribution in [0.4, 0.5) is 0 Å². The highest BCUT2D eigenvalue weighted by atomic mass is 16.3. The Labute approximate surface area is 174 Å². The van der Waals surface area contributed by atoms with Crippen LogP contribution in [-0.4, -0.2) is 5.11 Å². The zero-order valence-corrected chi connectivity index (χ0v) is 17.9. The molecule has 0 spiro atoms. The summed E-state index contributed by atoms with van der Waals surface area (Å²) in [6, 6.07) is 21.9. The fourth-order valence-electron chi connectivity index (χ4n) is 4.64. The van der Waals surface area contributed by atoms with Gasteiger partial charge in [0, 0.05) is 5.56 Å². The average molecular weight is 383 g/mol. The van der Waals surface area contributed by atoms with E-state index >= 15 is 0 Å². The van der Waals surface area contributed by atoms with E-state index in [0.717, 1.165) is 29.5 Å². The lowest BCUT2D eigenvalue weighted by Crippen LogP contribution is -2.04. The quantitative estimate of drug-likeness (QED) is 0.500. The van der Waals surface area contributed by atoms with Crippen LogP contribution in [0.15, 0.2) is 60.7 Å². The Morgan fingerprint density at radius 1 is 0.897 bits per heavy atom. The molecule has 1 unspecified atom stereocenters. The fraction of sp³-hybridized carbons (Fsp3) is 0.286. The van der Waals surface area contributed by atoms with Gasteiger partial charge < -0.3 is 5.11 Å². The molecule has 0 bridgehead atoms. The van der Waals surface area contributed by atoms with Gasteiger partial charge >= 0.3 is 0 Å². The monoisotopic (exact) mass is 382 g/mol. The molecule has 1 heteroatoms. The third-order valence-corrected chi connectivity index (χ3v) is 6.17. The van der Waals surface area contributed by atoms with Crippen molar-refractivity contribution < 1.29 is 5.11 Å². The van der Waals surface area contributed by atoms with Gasteiger partial charge in [0.15, 0.2) is 0 Å². The molecule has 0 aromatic heterocycles. The average Bonchev–Trinajstić information content (AvgIpc) is 2.87. The number of phenols is 1. The minimum absolute atomic E-state index is 0.391. The number of rotatable bonds is 3. The molecule has 4 rings (SSSR count). The molecule has 0 radical (unpaired) electrons. The third kappa shape index (κ3) is 4.00. The molecule has 0 amide bonds. The van der Waals surface area contributed by atoms with Gasteiger partial charge in [-0.2, -0.15) is 0 Å². The molecule has 1 N–H and O–H groups in total. The first-order valence-electron chi connectivity index (χ1n) is 10.6. The molecule has 1 atom stereocenters. The number of hydrogen-bond acceptors (Lipinski definition) is 1. The first-order valence-corrected chi connectivity index (χ1v) is 10.6. The van der Waals surface area contributed by atoms with Crippen LogP contribution in [-0.2, 0) is 6.42 Å². The van der Waals surface area contributed by atoms with E-state index in [4.69, 9.17) is 0 Å². The SMILES string of the molecule is Cc1cc(C)c(C2=Cc3ccccc3CC(c3ccc(C(C)C)cc3)C2)c(O)c1. The molecule has 148 valence electrons. The summed E-state index contributed by atoms with van der Waals surface area (Å²) >= 11 is 0. The summed E-state index contributed by atoms with van der Waals surface area (Å²) in [6.45, 7) is 8.61. The highest BCUT2D eigenvalue weighted by Crippen LogP contribution is 2.41. The van der Waals surface area contributed by atoms with Crippen molar-refractivity contribution in [1.29, 1.82) is 0 Å². The molecule has 1 aliphatic rings. The summed E-state index contributed by atoms with van der Waals surface area (Å²) in [5.41, 5.74) is 9.86. The van der Waals surface area contributed by atoms with Crippen molar-refractivity contribution in [1.82, 2.24) is 0 Å². The highest BCUT2D eigenvalue weighted by molar-refractivity contribution is 5.87. The Balaban J connectivity index is 1.80. The lowest BCUT2D eigenvalue weighted by atomic mass is 9.84. The van der Waals surface area contributed by atoms with Crippen LogP contribution in [0.25, 0.3) is 11.6 Å². The molecule has 3 aromatic rings. The zero-order valence-electron chi connectivity index (χ0n) is 17.9. The van der Waals surface area contributed by atoms with E-state index in [1.54, 1.807) is 0 Å². The summed E-state index contributed by atoms with van der Waals surface area (Å²) in [6.07, 6.45) is 4.23. The lowest BCUT2D eigenvalue weighted by molar-refractivity contribution is 0.472. The molecule has 29 heavy (non-hydrogen) atoms. The maximum atomic E-state index is 10.8. The van der Waals surface area contributed by atoms with Gasteiger partial charge in [0.2, 0.25) is 0 Å². The number of aryl methyl sites for hydroxylation is 2. The van der Waals surface area contributed by atoms with Crippen LogP contribution in [0.3, 0.4) is 0 Å². The Kier molecular flexibility index (Phi) is 5.32. The first kappa shape index (κ1) is 19.5. The van der Waals surface area contributed by atoms with Crippen LogP contribution >= 0.6 is 0 Å². The summed E-state index contributed by atoms with van der Waals surface area (Å²) in [4.78, 5) is 0. The van der Waals surface area contributed by atoms with Crippen molar-refractivity contribution >= 4 is 11.6 Å². The summed E-state index contributed by atoms with van der Waals surface area (Å²) in [7, 11) is 0. The summed E-state index contributed by atoms with van der Waals surface area (Å²) in [5.74, 6) is 1.33.